The zero-order valence-corrected chi connectivity index (χ0v) is 24.5. The second-order valence-corrected chi connectivity index (χ2v) is 10.3. The molecule has 0 heterocycles. The molecule has 0 amide bonds. The standard InChI is InChI=1S/C36H8F6N8/c37-35(38,39)33-29-23(15-49)25(19-5-1-17(9-43)2-6-19)27(21(11-45)12-46)31(29)34(36(40,41)42)32-28(22(13-47)14-48)26(24(16-50)30(32)33)20-7-3-18(10-44)4-8-20/h1-8H. The van der Waals surface area contributed by atoms with E-state index in [1.54, 1.807) is 12.1 Å². The van der Waals surface area contributed by atoms with Crippen LogP contribution in [-0.4, -0.2) is 0 Å². The van der Waals surface area contributed by atoms with Crippen LogP contribution in [0.5, 0.6) is 0 Å². The number of hydrogen-bond acceptors (Lipinski definition) is 8. The van der Waals surface area contributed by atoms with E-state index in [9.17, 15) is 42.1 Å². The topological polar surface area (TPSA) is 190 Å². The van der Waals surface area contributed by atoms with E-state index in [4.69, 9.17) is 0 Å². The van der Waals surface area contributed by atoms with Gasteiger partial charge in [-0.25, -0.2) is 0 Å². The van der Waals surface area contributed by atoms with Crippen LogP contribution in [-0.2, 0) is 12.4 Å². The molecule has 5 rings (SSSR count). The van der Waals surface area contributed by atoms with E-state index in [1.165, 1.54) is 36.4 Å². The molecule has 0 bridgehead atoms. The van der Waals surface area contributed by atoms with Gasteiger partial charge < -0.3 is 0 Å². The van der Waals surface area contributed by atoms with Crippen molar-refractivity contribution in [3.05, 3.63) is 115 Å². The third-order valence-electron chi connectivity index (χ3n) is 7.84. The number of halogens is 6. The fourth-order valence-corrected chi connectivity index (χ4v) is 6.06. The molecule has 0 N–H and O–H groups in total. The van der Waals surface area contributed by atoms with Gasteiger partial charge in [-0.2, -0.15) is 68.4 Å². The average molecular weight is 667 g/mol. The lowest BCUT2D eigenvalue weighted by Gasteiger charge is -2.24. The lowest BCUT2D eigenvalue weighted by Crippen LogP contribution is -2.20. The minimum atomic E-state index is -5.68. The number of hydrogen-bond donors (Lipinski definition) is 0. The maximum Gasteiger partial charge on any atom is 0.417 e. The fourth-order valence-electron chi connectivity index (χ4n) is 6.06. The van der Waals surface area contributed by atoms with Crippen LogP contribution in [0, 0.1) is 90.6 Å². The molecule has 0 radical (unpaired) electrons. The van der Waals surface area contributed by atoms with Crippen LogP contribution in [0.3, 0.4) is 0 Å². The smallest absolute Gasteiger partial charge is 0.192 e. The first kappa shape index (κ1) is 33.5. The number of alkyl halides is 6. The number of benzene rings is 3. The second kappa shape index (κ2) is 12.0. The Morgan fingerprint density at radius 1 is 0.420 bits per heavy atom. The van der Waals surface area contributed by atoms with Gasteiger partial charge in [-0.1, -0.05) is 24.3 Å². The number of fused-ring (bicyclic) bond motifs is 2. The summed E-state index contributed by atoms with van der Waals surface area (Å²) >= 11 is 0. The highest BCUT2D eigenvalue weighted by atomic mass is 19.4. The SMILES string of the molecule is N#CC(C#N)=C1C(c2ccc(C#N)cc2)=C(C#N)c2c1c(C(F)(F)F)c1c(c2C(F)(F)F)C(C#N)=C(c2ccc(C#N)cc2)C1=C(C#N)C#N. The van der Waals surface area contributed by atoms with Crippen LogP contribution in [0.4, 0.5) is 26.3 Å². The zero-order chi connectivity index (χ0) is 36.7. The molecule has 2 aliphatic rings. The van der Waals surface area contributed by atoms with Crippen LogP contribution in [0.2, 0.25) is 0 Å². The molecule has 0 saturated carbocycles. The van der Waals surface area contributed by atoms with Gasteiger partial charge in [0, 0.05) is 44.5 Å². The van der Waals surface area contributed by atoms with Crippen LogP contribution in [0.25, 0.3) is 33.4 Å². The van der Waals surface area contributed by atoms with Gasteiger partial charge in [-0.05, 0) is 35.4 Å². The molecule has 50 heavy (non-hydrogen) atoms. The quantitative estimate of drug-likeness (QED) is 0.194. The molecule has 0 saturated heterocycles. The van der Waals surface area contributed by atoms with Gasteiger partial charge in [-0.15, -0.1) is 0 Å². The second-order valence-electron chi connectivity index (χ2n) is 10.3. The van der Waals surface area contributed by atoms with Gasteiger partial charge in [0.2, 0.25) is 0 Å². The van der Waals surface area contributed by atoms with Gasteiger partial charge in [0.25, 0.3) is 0 Å². The van der Waals surface area contributed by atoms with Crippen LogP contribution < -0.4 is 0 Å². The maximum absolute atomic E-state index is 15.6. The molecule has 0 atom stereocenters. The Bertz CT molecular complexity index is 2360. The van der Waals surface area contributed by atoms with E-state index < -0.39 is 90.3 Å². The highest BCUT2D eigenvalue weighted by Crippen LogP contribution is 2.62. The first-order valence-electron chi connectivity index (χ1n) is 13.6. The minimum Gasteiger partial charge on any atom is -0.192 e. The van der Waals surface area contributed by atoms with E-state index >= 15 is 26.3 Å². The van der Waals surface area contributed by atoms with Gasteiger partial charge >= 0.3 is 12.4 Å². The molecule has 0 unspecified atom stereocenters. The molecule has 0 spiro atoms. The minimum absolute atomic E-state index is 0.0232. The van der Waals surface area contributed by atoms with E-state index in [-0.39, 0.29) is 22.3 Å². The number of nitriles is 8. The summed E-state index contributed by atoms with van der Waals surface area (Å²) in [4.78, 5) is 0. The Morgan fingerprint density at radius 2 is 0.720 bits per heavy atom. The summed E-state index contributed by atoms with van der Waals surface area (Å²) < 4.78 is 93.2. The summed E-state index contributed by atoms with van der Waals surface area (Å²) in [6.45, 7) is 0. The fraction of sp³-hybridized carbons (Fsp3) is 0.0556. The number of rotatable bonds is 2. The Kier molecular flexibility index (Phi) is 8.07. The van der Waals surface area contributed by atoms with Crippen molar-refractivity contribution in [3.63, 3.8) is 0 Å². The van der Waals surface area contributed by atoms with Gasteiger partial charge in [0.1, 0.15) is 47.6 Å². The summed E-state index contributed by atoms with van der Waals surface area (Å²) in [5.74, 6) is 0. The van der Waals surface area contributed by atoms with Crippen LogP contribution >= 0.6 is 0 Å². The summed E-state index contributed by atoms with van der Waals surface area (Å²) in [5.41, 5.74) is -17.4. The van der Waals surface area contributed by atoms with Crippen molar-refractivity contribution in [2.24, 2.45) is 0 Å². The summed E-state index contributed by atoms with van der Waals surface area (Å²) in [7, 11) is 0. The molecular weight excluding hydrogens is 658 g/mol. The van der Waals surface area contributed by atoms with Crippen molar-refractivity contribution in [1.29, 1.82) is 42.1 Å². The molecule has 0 fully saturated rings. The molecule has 14 heteroatoms. The predicted octanol–water partition coefficient (Wildman–Crippen LogP) is 7.97. The van der Waals surface area contributed by atoms with E-state index in [0.29, 0.717) is 0 Å². The average Bonchev–Trinajstić information content (AvgIpc) is 3.60. The van der Waals surface area contributed by atoms with Crippen molar-refractivity contribution < 1.29 is 26.3 Å². The molecule has 3 aromatic carbocycles. The lowest BCUT2D eigenvalue weighted by molar-refractivity contribution is -0.141. The van der Waals surface area contributed by atoms with Crippen molar-refractivity contribution in [3.8, 4) is 48.6 Å². The first-order valence-corrected chi connectivity index (χ1v) is 13.6. The normalized spacial score (nSPS) is 13.0. The number of nitrogens with zero attached hydrogens (tertiary/aromatic N) is 8. The van der Waals surface area contributed by atoms with Crippen molar-refractivity contribution in [2.75, 3.05) is 0 Å². The highest BCUT2D eigenvalue weighted by Gasteiger charge is 2.54. The summed E-state index contributed by atoms with van der Waals surface area (Å²) in [6, 6.07) is 21.2. The zero-order valence-electron chi connectivity index (χ0n) is 24.5. The Balaban J connectivity index is 2.20. The van der Waals surface area contributed by atoms with Crippen molar-refractivity contribution >= 4 is 33.4 Å². The van der Waals surface area contributed by atoms with Crippen molar-refractivity contribution in [2.45, 2.75) is 12.4 Å². The maximum atomic E-state index is 15.6. The lowest BCUT2D eigenvalue weighted by atomic mass is 9.81. The molecule has 2 aliphatic carbocycles. The summed E-state index contributed by atoms with van der Waals surface area (Å²) in [6.07, 6.45) is -11.3. The van der Waals surface area contributed by atoms with Crippen LogP contribution in [0.15, 0.2) is 59.7 Å². The highest BCUT2D eigenvalue weighted by molar-refractivity contribution is 6.31. The Labute approximate surface area is 277 Å². The molecule has 8 nitrogen and oxygen atoms in total. The molecule has 3 aromatic rings. The van der Waals surface area contributed by atoms with E-state index in [2.05, 4.69) is 0 Å². The monoisotopic (exact) mass is 666 g/mol. The Hall–Kier alpha value is -7.88. The predicted molar refractivity (Wildman–Crippen MR) is 160 cm³/mol. The molecule has 234 valence electrons. The van der Waals surface area contributed by atoms with E-state index in [0.717, 1.165) is 48.5 Å². The Morgan fingerprint density at radius 3 is 0.960 bits per heavy atom. The van der Waals surface area contributed by atoms with E-state index in [1.807, 2.05) is 0 Å². The van der Waals surface area contributed by atoms with Crippen LogP contribution in [0.1, 0.15) is 55.6 Å². The third-order valence-corrected chi connectivity index (χ3v) is 7.84. The van der Waals surface area contributed by atoms with Gasteiger partial charge in [0.15, 0.2) is 0 Å². The largest absolute Gasteiger partial charge is 0.417 e. The number of allylic oxidation sites excluding steroid dienone is 8. The van der Waals surface area contributed by atoms with Crippen molar-refractivity contribution in [1.82, 2.24) is 0 Å². The van der Waals surface area contributed by atoms with Gasteiger partial charge in [0.05, 0.1) is 45.5 Å². The first-order chi connectivity index (χ1) is 23.8. The summed E-state index contributed by atoms with van der Waals surface area (Å²) in [5, 5.41) is 78.8. The molecular formula is C36H8F6N8. The molecule has 0 aliphatic heterocycles. The third kappa shape index (κ3) is 4.88. The van der Waals surface area contributed by atoms with Gasteiger partial charge in [-0.3, -0.25) is 0 Å². The molecule has 0 aromatic heterocycles.